The van der Waals surface area contributed by atoms with Gasteiger partial charge in [0.05, 0.1) is 11.4 Å². The molecule has 1 aliphatic heterocycles. The lowest BCUT2D eigenvalue weighted by Crippen LogP contribution is -2.42. The average Bonchev–Trinajstić information content (AvgIpc) is 3.30. The molecule has 1 saturated heterocycles. The average molecular weight is 468 g/mol. The molecule has 1 fully saturated rings. The number of aryl methyl sites for hydroxylation is 1. The molecule has 1 atom stereocenters. The van der Waals surface area contributed by atoms with Crippen LogP contribution in [0, 0.1) is 6.92 Å². The number of rotatable bonds is 6. The topological polar surface area (TPSA) is 116 Å². The third kappa shape index (κ3) is 4.99. The van der Waals surface area contributed by atoms with Gasteiger partial charge in [-0.05, 0) is 61.2 Å². The molecule has 35 heavy (non-hydrogen) atoms. The number of imidazole rings is 1. The van der Waals surface area contributed by atoms with Crippen LogP contribution in [0.4, 0.5) is 0 Å². The van der Waals surface area contributed by atoms with Gasteiger partial charge in [-0.25, -0.2) is 9.97 Å². The highest BCUT2D eigenvalue weighted by atomic mass is 16.1. The van der Waals surface area contributed by atoms with Gasteiger partial charge < -0.3 is 11.5 Å². The third-order valence-electron chi connectivity index (χ3n) is 6.32. The summed E-state index contributed by atoms with van der Waals surface area (Å²) in [6.45, 7) is 4.53. The predicted molar refractivity (Wildman–Crippen MR) is 136 cm³/mol. The van der Waals surface area contributed by atoms with E-state index >= 15 is 0 Å². The molecule has 4 heterocycles. The Hall–Kier alpha value is -3.88. The zero-order valence-electron chi connectivity index (χ0n) is 19.8. The van der Waals surface area contributed by atoms with E-state index in [0.717, 1.165) is 60.7 Å². The van der Waals surface area contributed by atoms with Gasteiger partial charge in [-0.2, -0.15) is 0 Å². The molecule has 3 aromatic heterocycles. The number of carbonyl (C=O) groups excluding carboxylic acids is 1. The van der Waals surface area contributed by atoms with Gasteiger partial charge in [0.15, 0.2) is 0 Å². The number of nitrogens with two attached hydrogens (primary N) is 2. The maximum Gasteiger partial charge on any atom is 0.268 e. The number of likely N-dealkylation sites (tertiary alicyclic amines) is 1. The van der Waals surface area contributed by atoms with Gasteiger partial charge in [-0.1, -0.05) is 30.3 Å². The van der Waals surface area contributed by atoms with Gasteiger partial charge in [0.25, 0.3) is 5.91 Å². The quantitative estimate of drug-likeness (QED) is 0.449. The molecule has 0 spiro atoms. The summed E-state index contributed by atoms with van der Waals surface area (Å²) in [7, 11) is 0. The van der Waals surface area contributed by atoms with Gasteiger partial charge in [0.1, 0.15) is 17.8 Å². The van der Waals surface area contributed by atoms with Crippen molar-refractivity contribution in [1.29, 1.82) is 0 Å². The lowest BCUT2D eigenvalue weighted by atomic mass is 9.95. The fraction of sp³-hybridized carbons (Fsp3) is 0.259. The number of primary amides is 1. The van der Waals surface area contributed by atoms with E-state index in [-0.39, 0.29) is 11.7 Å². The van der Waals surface area contributed by atoms with Crippen molar-refractivity contribution in [3.05, 3.63) is 84.2 Å². The van der Waals surface area contributed by atoms with Crippen LogP contribution in [0.1, 0.15) is 34.6 Å². The molecule has 1 aromatic carbocycles. The minimum Gasteiger partial charge on any atom is -0.364 e. The summed E-state index contributed by atoms with van der Waals surface area (Å²) in [5.74, 6) is 0.129. The number of piperidine rings is 1. The van der Waals surface area contributed by atoms with Gasteiger partial charge in [0, 0.05) is 37.1 Å². The van der Waals surface area contributed by atoms with Crippen molar-refractivity contribution in [2.24, 2.45) is 11.5 Å². The summed E-state index contributed by atoms with van der Waals surface area (Å²) >= 11 is 0. The lowest BCUT2D eigenvalue weighted by molar-refractivity contribution is 0.0996. The monoisotopic (exact) mass is 467 g/mol. The first-order chi connectivity index (χ1) is 17.0. The van der Waals surface area contributed by atoms with Crippen LogP contribution in [-0.2, 0) is 6.54 Å². The second-order valence-electron chi connectivity index (χ2n) is 9.09. The number of nitrogens with zero attached hydrogens (tertiary/aromatic N) is 5. The molecule has 8 nitrogen and oxygen atoms in total. The number of amides is 1. The normalized spacial score (nSPS) is 16.3. The van der Waals surface area contributed by atoms with Crippen molar-refractivity contribution in [1.82, 2.24) is 24.4 Å². The number of aromatic nitrogens is 4. The first kappa shape index (κ1) is 22.9. The number of benzene rings is 1. The van der Waals surface area contributed by atoms with Crippen LogP contribution in [0.15, 0.2) is 67.3 Å². The Bertz CT molecular complexity index is 1350. The smallest absolute Gasteiger partial charge is 0.268 e. The van der Waals surface area contributed by atoms with Gasteiger partial charge in [-0.3, -0.25) is 19.2 Å². The summed E-state index contributed by atoms with van der Waals surface area (Å²) in [6, 6.07) is 16.1. The van der Waals surface area contributed by atoms with Crippen molar-refractivity contribution in [2.75, 3.05) is 13.1 Å². The lowest BCUT2D eigenvalue weighted by Gasteiger charge is -2.30. The molecule has 1 aliphatic rings. The van der Waals surface area contributed by atoms with Crippen molar-refractivity contribution in [2.45, 2.75) is 32.4 Å². The Morgan fingerprint density at radius 2 is 1.97 bits per heavy atom. The Morgan fingerprint density at radius 3 is 2.69 bits per heavy atom. The number of hydrogen-bond donors (Lipinski definition) is 2. The Labute approximate surface area is 204 Å². The van der Waals surface area contributed by atoms with Gasteiger partial charge >= 0.3 is 0 Å². The number of pyridine rings is 2. The van der Waals surface area contributed by atoms with Crippen molar-refractivity contribution >= 4 is 5.91 Å². The molecule has 4 aromatic rings. The van der Waals surface area contributed by atoms with Crippen LogP contribution in [0.5, 0.6) is 0 Å². The molecule has 0 bridgehead atoms. The zero-order chi connectivity index (χ0) is 24.4. The summed E-state index contributed by atoms with van der Waals surface area (Å²) < 4.78 is 1.90. The molecule has 1 unspecified atom stereocenters. The fourth-order valence-corrected chi connectivity index (χ4v) is 4.73. The molecule has 4 N–H and O–H groups in total. The first-order valence-corrected chi connectivity index (χ1v) is 11.8. The van der Waals surface area contributed by atoms with Crippen LogP contribution in [0.2, 0.25) is 0 Å². The predicted octanol–water partition coefficient (Wildman–Crippen LogP) is 3.33. The van der Waals surface area contributed by atoms with Crippen LogP contribution in [0.25, 0.3) is 28.2 Å². The van der Waals surface area contributed by atoms with Crippen molar-refractivity contribution < 1.29 is 4.79 Å². The highest BCUT2D eigenvalue weighted by molar-refractivity contribution is 6.01. The van der Waals surface area contributed by atoms with Crippen molar-refractivity contribution in [3.8, 4) is 28.2 Å². The molecule has 0 saturated carbocycles. The number of hydrogen-bond acceptors (Lipinski definition) is 6. The van der Waals surface area contributed by atoms with E-state index in [4.69, 9.17) is 16.5 Å². The maximum absolute atomic E-state index is 12.5. The molecule has 8 heteroatoms. The Balaban J connectivity index is 1.68. The molecule has 5 rings (SSSR count). The highest BCUT2D eigenvalue weighted by Gasteiger charge is 2.22. The minimum absolute atomic E-state index is 0.185. The first-order valence-electron chi connectivity index (χ1n) is 11.8. The van der Waals surface area contributed by atoms with E-state index in [1.165, 1.54) is 0 Å². The highest BCUT2D eigenvalue weighted by Crippen LogP contribution is 2.34. The molecular weight excluding hydrogens is 438 g/mol. The standard InChI is InChI=1S/C27H29N7O/c1-18-14-34(17-31-18)24-13-19(15-33-11-5-8-21(28)16-33)12-23(32-24)25-22(20-6-3-2-4-7-20)9-10-30-26(25)27(29)35/h2-4,6-7,9-10,12-14,17,21H,5,8,11,15-16,28H2,1H3,(H2,29,35). The summed E-state index contributed by atoms with van der Waals surface area (Å²) in [5.41, 5.74) is 17.3. The van der Waals surface area contributed by atoms with E-state index in [0.29, 0.717) is 11.3 Å². The van der Waals surface area contributed by atoms with Crippen LogP contribution < -0.4 is 11.5 Å². The van der Waals surface area contributed by atoms with Crippen molar-refractivity contribution in [3.63, 3.8) is 0 Å². The second kappa shape index (κ2) is 9.77. The Morgan fingerprint density at radius 1 is 1.14 bits per heavy atom. The molecule has 0 radical (unpaired) electrons. The fourth-order valence-electron chi connectivity index (χ4n) is 4.73. The van der Waals surface area contributed by atoms with Crippen LogP contribution in [0.3, 0.4) is 0 Å². The summed E-state index contributed by atoms with van der Waals surface area (Å²) in [4.78, 5) is 28.5. The molecular formula is C27H29N7O. The van der Waals surface area contributed by atoms with E-state index in [1.54, 1.807) is 12.5 Å². The Kier molecular flexibility index (Phi) is 6.39. The maximum atomic E-state index is 12.5. The van der Waals surface area contributed by atoms with Gasteiger partial charge in [0.2, 0.25) is 0 Å². The van der Waals surface area contributed by atoms with E-state index < -0.39 is 5.91 Å². The van der Waals surface area contributed by atoms with E-state index in [1.807, 2.05) is 60.2 Å². The zero-order valence-corrected chi connectivity index (χ0v) is 19.8. The van der Waals surface area contributed by atoms with E-state index in [2.05, 4.69) is 20.9 Å². The van der Waals surface area contributed by atoms with Crippen LogP contribution >= 0.6 is 0 Å². The minimum atomic E-state index is -0.591. The second-order valence-corrected chi connectivity index (χ2v) is 9.09. The molecule has 178 valence electrons. The third-order valence-corrected chi connectivity index (χ3v) is 6.32. The number of carbonyl (C=O) groups is 1. The SMILES string of the molecule is Cc1cn(-c2cc(CN3CCCC(N)C3)cc(-c3c(-c4ccccc4)ccnc3C(N)=O)n2)cn1. The molecule has 0 aliphatic carbocycles. The van der Waals surface area contributed by atoms with E-state index in [9.17, 15) is 4.79 Å². The largest absolute Gasteiger partial charge is 0.364 e. The van der Waals surface area contributed by atoms with Gasteiger partial charge in [-0.15, -0.1) is 0 Å². The summed E-state index contributed by atoms with van der Waals surface area (Å²) in [5, 5.41) is 0. The molecule has 1 amide bonds. The van der Waals surface area contributed by atoms with Crippen LogP contribution in [-0.4, -0.2) is 49.5 Å². The summed E-state index contributed by atoms with van der Waals surface area (Å²) in [6.07, 6.45) is 7.43.